The number of rotatable bonds is 7. The van der Waals surface area contributed by atoms with Crippen LogP contribution in [0.25, 0.3) is 0 Å². The molecule has 1 fully saturated rings. The van der Waals surface area contributed by atoms with Crippen LogP contribution in [-0.2, 0) is 17.9 Å². The van der Waals surface area contributed by atoms with Crippen molar-refractivity contribution in [2.75, 3.05) is 26.2 Å². The number of nitrogens with zero attached hydrogens (tertiary/aromatic N) is 2. The van der Waals surface area contributed by atoms with Gasteiger partial charge in [0, 0.05) is 32.7 Å². The first-order chi connectivity index (χ1) is 13.7. The molecule has 0 saturated carbocycles. The molecule has 1 aromatic carbocycles. The third-order valence-corrected chi connectivity index (χ3v) is 4.72. The van der Waals surface area contributed by atoms with Crippen molar-refractivity contribution in [2.45, 2.75) is 19.1 Å². The third-order valence-electron chi connectivity index (χ3n) is 4.72. The van der Waals surface area contributed by atoms with E-state index in [1.807, 2.05) is 36.4 Å². The second kappa shape index (κ2) is 9.75. The molecule has 148 valence electrons. The highest BCUT2D eigenvalue weighted by molar-refractivity contribution is 5.87. The summed E-state index contributed by atoms with van der Waals surface area (Å²) >= 11 is 0. The van der Waals surface area contributed by atoms with Crippen LogP contribution >= 0.6 is 0 Å². The van der Waals surface area contributed by atoms with Gasteiger partial charge in [0.2, 0.25) is 5.91 Å². The Morgan fingerprint density at radius 2 is 1.93 bits per heavy atom. The van der Waals surface area contributed by atoms with E-state index in [4.69, 9.17) is 4.42 Å². The molecule has 0 radical (unpaired) electrons. The minimum atomic E-state index is -0.561. The number of urea groups is 1. The van der Waals surface area contributed by atoms with Gasteiger partial charge in [-0.3, -0.25) is 9.69 Å². The second-order valence-corrected chi connectivity index (χ2v) is 6.70. The Kier molecular flexibility index (Phi) is 6.86. The average molecular weight is 382 g/mol. The molecule has 28 heavy (non-hydrogen) atoms. The summed E-state index contributed by atoms with van der Waals surface area (Å²) < 4.78 is 5.25. The van der Waals surface area contributed by atoms with E-state index in [2.05, 4.69) is 22.1 Å². The van der Waals surface area contributed by atoms with E-state index in [9.17, 15) is 9.59 Å². The van der Waals surface area contributed by atoms with Gasteiger partial charge in [0.1, 0.15) is 11.8 Å². The standard InChI is InChI=1S/C21H26N4O3/c1-2-10-24-11-12-25(21(27)23-15-18-9-6-13-28-18)19(16-24)20(26)22-14-17-7-4-3-5-8-17/h2-9,13,19H,1,10-12,14-16H2,(H,22,26)(H,23,27). The fourth-order valence-electron chi connectivity index (χ4n) is 3.24. The number of benzene rings is 1. The summed E-state index contributed by atoms with van der Waals surface area (Å²) in [6, 6.07) is 12.5. The number of nitrogens with one attached hydrogen (secondary N) is 2. The molecule has 3 amide bonds. The van der Waals surface area contributed by atoms with Crippen molar-refractivity contribution in [3.63, 3.8) is 0 Å². The first-order valence-corrected chi connectivity index (χ1v) is 9.39. The minimum absolute atomic E-state index is 0.161. The molecule has 1 saturated heterocycles. The SMILES string of the molecule is C=CCN1CCN(C(=O)NCc2ccco2)C(C(=O)NCc2ccccc2)C1. The van der Waals surface area contributed by atoms with Crippen LogP contribution in [-0.4, -0.2) is 54.0 Å². The largest absolute Gasteiger partial charge is 0.467 e. The Balaban J connectivity index is 1.63. The van der Waals surface area contributed by atoms with Gasteiger partial charge in [-0.25, -0.2) is 4.79 Å². The van der Waals surface area contributed by atoms with Gasteiger partial charge in [-0.15, -0.1) is 6.58 Å². The van der Waals surface area contributed by atoms with Crippen LogP contribution in [0.2, 0.25) is 0 Å². The summed E-state index contributed by atoms with van der Waals surface area (Å²) in [4.78, 5) is 29.3. The van der Waals surface area contributed by atoms with Gasteiger partial charge < -0.3 is 20.0 Å². The molecule has 1 aromatic heterocycles. The number of furan rings is 1. The number of hydrogen-bond donors (Lipinski definition) is 2. The quantitative estimate of drug-likeness (QED) is 0.718. The van der Waals surface area contributed by atoms with Gasteiger partial charge in [-0.2, -0.15) is 0 Å². The molecule has 7 nitrogen and oxygen atoms in total. The Hall–Kier alpha value is -3.06. The number of piperazine rings is 1. The number of hydrogen-bond acceptors (Lipinski definition) is 4. The Labute approximate surface area is 165 Å². The predicted octanol–water partition coefficient (Wildman–Crippen LogP) is 1.98. The zero-order valence-corrected chi connectivity index (χ0v) is 15.8. The summed E-state index contributed by atoms with van der Waals surface area (Å²) in [5, 5.41) is 5.79. The average Bonchev–Trinajstić information content (AvgIpc) is 3.25. The molecule has 0 bridgehead atoms. The first kappa shape index (κ1) is 19.7. The van der Waals surface area contributed by atoms with Crippen LogP contribution in [0.3, 0.4) is 0 Å². The van der Waals surface area contributed by atoms with Crippen LogP contribution in [0.5, 0.6) is 0 Å². The van der Waals surface area contributed by atoms with Crippen LogP contribution < -0.4 is 10.6 Å². The van der Waals surface area contributed by atoms with Gasteiger partial charge in [0.25, 0.3) is 0 Å². The molecule has 2 heterocycles. The molecular formula is C21H26N4O3. The van der Waals surface area contributed by atoms with E-state index in [1.54, 1.807) is 23.3 Å². The van der Waals surface area contributed by atoms with E-state index in [-0.39, 0.29) is 18.5 Å². The highest BCUT2D eigenvalue weighted by Gasteiger charge is 2.34. The lowest BCUT2D eigenvalue weighted by molar-refractivity contribution is -0.127. The Bertz CT molecular complexity index is 776. The molecular weight excluding hydrogens is 356 g/mol. The molecule has 0 spiro atoms. The Morgan fingerprint density at radius 1 is 1.11 bits per heavy atom. The van der Waals surface area contributed by atoms with Gasteiger partial charge >= 0.3 is 6.03 Å². The smallest absolute Gasteiger partial charge is 0.318 e. The van der Waals surface area contributed by atoms with E-state index in [0.717, 1.165) is 5.56 Å². The van der Waals surface area contributed by atoms with Gasteiger partial charge in [0.05, 0.1) is 12.8 Å². The normalized spacial score (nSPS) is 17.1. The first-order valence-electron chi connectivity index (χ1n) is 9.39. The van der Waals surface area contributed by atoms with E-state index >= 15 is 0 Å². The fraction of sp³-hybridized carbons (Fsp3) is 0.333. The molecule has 7 heteroatoms. The maximum atomic E-state index is 12.9. The molecule has 2 aromatic rings. The maximum Gasteiger partial charge on any atom is 0.318 e. The third kappa shape index (κ3) is 5.23. The second-order valence-electron chi connectivity index (χ2n) is 6.70. The molecule has 2 N–H and O–H groups in total. The summed E-state index contributed by atoms with van der Waals surface area (Å²) in [6.07, 6.45) is 3.38. The van der Waals surface area contributed by atoms with Crippen LogP contribution in [0.1, 0.15) is 11.3 Å². The van der Waals surface area contributed by atoms with Crippen molar-refractivity contribution >= 4 is 11.9 Å². The van der Waals surface area contributed by atoms with E-state index < -0.39 is 6.04 Å². The van der Waals surface area contributed by atoms with E-state index in [0.29, 0.717) is 38.5 Å². The molecule has 0 aliphatic carbocycles. The summed E-state index contributed by atoms with van der Waals surface area (Å²) in [7, 11) is 0. The number of amides is 3. The fourth-order valence-corrected chi connectivity index (χ4v) is 3.24. The van der Waals surface area contributed by atoms with Crippen molar-refractivity contribution in [3.8, 4) is 0 Å². The lowest BCUT2D eigenvalue weighted by atomic mass is 10.1. The molecule has 3 rings (SSSR count). The highest BCUT2D eigenvalue weighted by atomic mass is 16.3. The summed E-state index contributed by atoms with van der Waals surface area (Å²) in [5.41, 5.74) is 1.02. The van der Waals surface area contributed by atoms with E-state index in [1.165, 1.54) is 0 Å². The van der Waals surface area contributed by atoms with Crippen molar-refractivity contribution in [1.82, 2.24) is 20.4 Å². The Morgan fingerprint density at radius 3 is 2.64 bits per heavy atom. The van der Waals surface area contributed by atoms with Crippen LogP contribution in [0, 0.1) is 0 Å². The molecule has 1 unspecified atom stereocenters. The van der Waals surface area contributed by atoms with Crippen molar-refractivity contribution in [2.24, 2.45) is 0 Å². The van der Waals surface area contributed by atoms with Gasteiger partial charge in [0.15, 0.2) is 0 Å². The topological polar surface area (TPSA) is 77.8 Å². The minimum Gasteiger partial charge on any atom is -0.467 e. The molecule has 1 aliphatic rings. The van der Waals surface area contributed by atoms with Crippen LogP contribution in [0.4, 0.5) is 4.79 Å². The van der Waals surface area contributed by atoms with Gasteiger partial charge in [-0.05, 0) is 17.7 Å². The summed E-state index contributed by atoms with van der Waals surface area (Å²) in [6.45, 7) is 6.81. The highest BCUT2D eigenvalue weighted by Crippen LogP contribution is 2.12. The van der Waals surface area contributed by atoms with Crippen LogP contribution in [0.15, 0.2) is 65.8 Å². The lowest BCUT2D eigenvalue weighted by Crippen LogP contribution is -2.62. The van der Waals surface area contributed by atoms with Crippen molar-refractivity contribution in [1.29, 1.82) is 0 Å². The van der Waals surface area contributed by atoms with Crippen molar-refractivity contribution < 1.29 is 14.0 Å². The number of carbonyl (C=O) groups is 2. The molecule has 1 atom stereocenters. The van der Waals surface area contributed by atoms with Gasteiger partial charge in [-0.1, -0.05) is 36.4 Å². The summed E-state index contributed by atoms with van der Waals surface area (Å²) in [5.74, 6) is 0.509. The number of carbonyl (C=O) groups excluding carboxylic acids is 2. The van der Waals surface area contributed by atoms with Crippen molar-refractivity contribution in [3.05, 3.63) is 72.7 Å². The zero-order valence-electron chi connectivity index (χ0n) is 15.8. The monoisotopic (exact) mass is 382 g/mol. The zero-order chi connectivity index (χ0) is 19.8. The molecule has 1 aliphatic heterocycles. The maximum absolute atomic E-state index is 12.9. The lowest BCUT2D eigenvalue weighted by Gasteiger charge is -2.40. The predicted molar refractivity (Wildman–Crippen MR) is 106 cm³/mol.